The van der Waals surface area contributed by atoms with Crippen molar-refractivity contribution in [2.45, 2.75) is 44.4 Å². The third-order valence-corrected chi connectivity index (χ3v) is 6.63. The van der Waals surface area contributed by atoms with E-state index in [-0.39, 0.29) is 24.4 Å². The van der Waals surface area contributed by atoms with Crippen molar-refractivity contribution < 1.29 is 23.5 Å². The Kier molecular flexibility index (Phi) is 7.35. The molecule has 0 aromatic heterocycles. The van der Waals surface area contributed by atoms with Crippen LogP contribution in [0.25, 0.3) is 0 Å². The number of benzene rings is 2. The molecule has 4 rings (SSSR count). The van der Waals surface area contributed by atoms with Gasteiger partial charge in [0.1, 0.15) is 0 Å². The average molecular weight is 458 g/mol. The van der Waals surface area contributed by atoms with Crippen LogP contribution in [0.15, 0.2) is 48.5 Å². The van der Waals surface area contributed by atoms with Crippen LogP contribution in [0.1, 0.15) is 44.7 Å². The zero-order chi connectivity index (χ0) is 23.4. The number of piperidine rings is 1. The first kappa shape index (κ1) is 23.3. The Morgan fingerprint density at radius 3 is 2.33 bits per heavy atom. The molecule has 2 aromatic carbocycles. The molecule has 1 fully saturated rings. The van der Waals surface area contributed by atoms with Crippen LogP contribution in [0.2, 0.25) is 0 Å². The molecule has 6 nitrogen and oxygen atoms in total. The summed E-state index contributed by atoms with van der Waals surface area (Å²) in [5, 5.41) is 16.6. The molecule has 3 N–H and O–H groups in total. The number of aliphatic hydroxyl groups excluding tert-OH is 1. The molecule has 0 spiro atoms. The average Bonchev–Trinajstić information content (AvgIpc) is 2.86. The lowest BCUT2D eigenvalue weighted by atomic mass is 9.93. The van der Waals surface area contributed by atoms with Crippen molar-refractivity contribution in [3.8, 4) is 0 Å². The summed E-state index contributed by atoms with van der Waals surface area (Å²) >= 11 is 0. The summed E-state index contributed by atoms with van der Waals surface area (Å²) < 4.78 is 25.6. The molecule has 0 aliphatic carbocycles. The van der Waals surface area contributed by atoms with Gasteiger partial charge in [-0.3, -0.25) is 9.59 Å². The molecule has 2 heterocycles. The van der Waals surface area contributed by atoms with Crippen molar-refractivity contribution in [1.82, 2.24) is 15.5 Å². The summed E-state index contributed by atoms with van der Waals surface area (Å²) in [5.74, 6) is -1.19. The number of aliphatic hydroxyl groups is 1. The van der Waals surface area contributed by atoms with Gasteiger partial charge in [0.2, 0.25) is 6.43 Å². The second kappa shape index (κ2) is 10.4. The van der Waals surface area contributed by atoms with Gasteiger partial charge in [0.25, 0.3) is 11.8 Å². The Morgan fingerprint density at radius 1 is 1.03 bits per heavy atom. The zero-order valence-corrected chi connectivity index (χ0v) is 18.3. The number of rotatable bonds is 6. The van der Waals surface area contributed by atoms with Crippen LogP contribution in [0, 0.1) is 5.92 Å². The molecule has 0 radical (unpaired) electrons. The molecule has 0 bridgehead atoms. The molecule has 1 unspecified atom stereocenters. The summed E-state index contributed by atoms with van der Waals surface area (Å²) in [4.78, 5) is 26.7. The van der Waals surface area contributed by atoms with E-state index in [2.05, 4.69) is 22.8 Å². The highest BCUT2D eigenvalue weighted by Gasteiger charge is 2.29. The number of carbonyl (C=O) groups excluding carboxylic acids is 2. The van der Waals surface area contributed by atoms with E-state index in [1.54, 1.807) is 29.2 Å². The Bertz CT molecular complexity index is 975. The van der Waals surface area contributed by atoms with E-state index >= 15 is 0 Å². The van der Waals surface area contributed by atoms with Gasteiger partial charge in [-0.1, -0.05) is 24.3 Å². The van der Waals surface area contributed by atoms with Gasteiger partial charge < -0.3 is 20.6 Å². The predicted molar refractivity (Wildman–Crippen MR) is 120 cm³/mol. The van der Waals surface area contributed by atoms with E-state index in [0.717, 1.165) is 0 Å². The van der Waals surface area contributed by atoms with Gasteiger partial charge in [-0.15, -0.1) is 0 Å². The van der Waals surface area contributed by atoms with Crippen molar-refractivity contribution in [2.75, 3.05) is 19.6 Å². The van der Waals surface area contributed by atoms with Crippen molar-refractivity contribution >= 4 is 11.8 Å². The summed E-state index contributed by atoms with van der Waals surface area (Å²) in [6.45, 7) is 1.42. The number of likely N-dealkylation sites (tertiary alicyclic amines) is 1. The smallest absolute Gasteiger partial charge is 0.253 e. The van der Waals surface area contributed by atoms with Gasteiger partial charge >= 0.3 is 0 Å². The van der Waals surface area contributed by atoms with Gasteiger partial charge in [-0.25, -0.2) is 8.78 Å². The fraction of sp³-hybridized carbons (Fsp3) is 0.440. The number of amides is 2. The maximum atomic E-state index is 12.8. The number of carbonyl (C=O) groups is 2. The Hall–Kier alpha value is -2.84. The van der Waals surface area contributed by atoms with Gasteiger partial charge in [0.15, 0.2) is 0 Å². The first-order chi connectivity index (χ1) is 15.9. The number of hydrogen-bond acceptors (Lipinski definition) is 4. The normalized spacial score (nSPS) is 19.8. The van der Waals surface area contributed by atoms with Crippen molar-refractivity contribution in [2.24, 2.45) is 5.92 Å². The molecule has 0 saturated carbocycles. The van der Waals surface area contributed by atoms with Crippen LogP contribution in [0.3, 0.4) is 0 Å². The summed E-state index contributed by atoms with van der Waals surface area (Å²) in [6, 6.07) is 14.2. The van der Waals surface area contributed by atoms with Crippen LogP contribution in [-0.2, 0) is 13.0 Å². The number of nitrogens with one attached hydrogen (secondary N) is 2. The summed E-state index contributed by atoms with van der Waals surface area (Å²) in [7, 11) is 0. The van der Waals surface area contributed by atoms with Crippen molar-refractivity contribution in [3.63, 3.8) is 0 Å². The molecule has 33 heavy (non-hydrogen) atoms. The number of fused-ring (bicyclic) bond motifs is 1. The summed E-state index contributed by atoms with van der Waals surface area (Å²) in [6.07, 6.45) is -1.79. The molecular weight excluding hydrogens is 428 g/mol. The molecule has 8 heteroatoms. The van der Waals surface area contributed by atoms with Crippen LogP contribution in [-0.4, -0.2) is 60.0 Å². The van der Waals surface area contributed by atoms with Gasteiger partial charge in [0.05, 0.1) is 6.10 Å². The van der Waals surface area contributed by atoms with Crippen LogP contribution in [0.4, 0.5) is 8.78 Å². The fourth-order valence-corrected chi connectivity index (χ4v) is 4.49. The molecular formula is C25H29F2N3O3. The van der Waals surface area contributed by atoms with E-state index in [0.29, 0.717) is 50.0 Å². The number of nitrogens with zero attached hydrogens (tertiary/aromatic N) is 1. The van der Waals surface area contributed by atoms with Gasteiger partial charge in [-0.2, -0.15) is 0 Å². The minimum atomic E-state index is -2.34. The lowest BCUT2D eigenvalue weighted by molar-refractivity contribution is 0.0311. The van der Waals surface area contributed by atoms with E-state index in [1.807, 2.05) is 12.1 Å². The van der Waals surface area contributed by atoms with Crippen LogP contribution in [0.5, 0.6) is 0 Å². The topological polar surface area (TPSA) is 81.7 Å². The third-order valence-electron chi connectivity index (χ3n) is 6.63. The highest BCUT2D eigenvalue weighted by molar-refractivity contribution is 5.97. The molecule has 2 amide bonds. The Morgan fingerprint density at radius 2 is 1.67 bits per heavy atom. The number of hydrogen-bond donors (Lipinski definition) is 3. The standard InChI is InChI=1S/C25H29F2N3O3/c26-23(27)16-9-11-30(12-10-16)25(33)18-7-5-17(6-8-18)24(32)29-15-22(31)21-13-19-3-1-2-4-20(19)14-28-21/h1-8,16,21-23,28,31H,9-15H2,(H,29,32)/t21-,22?/m0/s1. The van der Waals surface area contributed by atoms with Crippen LogP contribution >= 0.6 is 0 Å². The molecule has 176 valence electrons. The second-order valence-corrected chi connectivity index (χ2v) is 8.78. The molecule has 2 atom stereocenters. The summed E-state index contributed by atoms with van der Waals surface area (Å²) in [5.41, 5.74) is 3.23. The molecule has 2 aliphatic rings. The monoisotopic (exact) mass is 457 g/mol. The third kappa shape index (κ3) is 5.57. The van der Waals surface area contributed by atoms with Gasteiger partial charge in [0, 0.05) is 49.3 Å². The second-order valence-electron chi connectivity index (χ2n) is 8.78. The lowest BCUT2D eigenvalue weighted by Gasteiger charge is -2.31. The van der Waals surface area contributed by atoms with E-state index in [1.165, 1.54) is 11.1 Å². The number of halogens is 2. The maximum Gasteiger partial charge on any atom is 0.253 e. The van der Waals surface area contributed by atoms with E-state index in [4.69, 9.17) is 0 Å². The quantitative estimate of drug-likeness (QED) is 0.623. The molecule has 2 aromatic rings. The van der Waals surface area contributed by atoms with Crippen molar-refractivity contribution in [3.05, 3.63) is 70.8 Å². The largest absolute Gasteiger partial charge is 0.390 e. The maximum absolute atomic E-state index is 12.8. The minimum absolute atomic E-state index is 0.110. The SMILES string of the molecule is O=C(NCC(O)[C@@H]1Cc2ccccc2CN1)c1ccc(C(=O)N2CCC(C(F)F)CC2)cc1. The van der Waals surface area contributed by atoms with Crippen molar-refractivity contribution in [1.29, 1.82) is 0 Å². The Balaban J connectivity index is 1.27. The number of alkyl halides is 2. The Labute approximate surface area is 192 Å². The minimum Gasteiger partial charge on any atom is -0.390 e. The lowest BCUT2D eigenvalue weighted by Crippen LogP contribution is -2.49. The molecule has 1 saturated heterocycles. The fourth-order valence-electron chi connectivity index (χ4n) is 4.49. The van der Waals surface area contributed by atoms with E-state index < -0.39 is 18.4 Å². The highest BCUT2D eigenvalue weighted by Crippen LogP contribution is 2.24. The zero-order valence-electron chi connectivity index (χ0n) is 18.3. The first-order valence-corrected chi connectivity index (χ1v) is 11.4. The van der Waals surface area contributed by atoms with Gasteiger partial charge in [-0.05, 0) is 54.7 Å². The predicted octanol–water partition coefficient (Wildman–Crippen LogP) is 2.61. The molecule has 2 aliphatic heterocycles. The van der Waals surface area contributed by atoms with E-state index in [9.17, 15) is 23.5 Å². The highest BCUT2D eigenvalue weighted by atomic mass is 19.3. The van der Waals surface area contributed by atoms with Crippen LogP contribution < -0.4 is 10.6 Å². The first-order valence-electron chi connectivity index (χ1n) is 11.4.